The van der Waals surface area contributed by atoms with Crippen LogP contribution in [0.3, 0.4) is 0 Å². The van der Waals surface area contributed by atoms with Crippen LogP contribution in [-0.4, -0.2) is 31.4 Å². The lowest BCUT2D eigenvalue weighted by Crippen LogP contribution is -2.24. The third-order valence-electron chi connectivity index (χ3n) is 3.38. The van der Waals surface area contributed by atoms with Gasteiger partial charge in [0, 0.05) is 25.5 Å². The maximum Gasteiger partial charge on any atom is 0.150 e. The van der Waals surface area contributed by atoms with Crippen LogP contribution >= 0.6 is 0 Å². The molecule has 0 fully saturated rings. The summed E-state index contributed by atoms with van der Waals surface area (Å²) in [6.45, 7) is 4.54. The van der Waals surface area contributed by atoms with Crippen molar-refractivity contribution in [1.29, 1.82) is 0 Å². The summed E-state index contributed by atoms with van der Waals surface area (Å²) in [7, 11) is 0. The van der Waals surface area contributed by atoms with Crippen molar-refractivity contribution < 1.29 is 5.11 Å². The van der Waals surface area contributed by atoms with Crippen LogP contribution < -0.4 is 4.90 Å². The zero-order valence-corrected chi connectivity index (χ0v) is 11.0. The molecule has 0 amide bonds. The molecule has 0 saturated carbocycles. The molecule has 0 saturated heterocycles. The lowest BCUT2D eigenvalue weighted by atomic mass is 10.3. The van der Waals surface area contributed by atoms with Gasteiger partial charge in [-0.1, -0.05) is 0 Å². The van der Waals surface area contributed by atoms with Crippen LogP contribution in [0.5, 0.6) is 0 Å². The molecule has 0 atom stereocenters. The molecule has 0 spiro atoms. The van der Waals surface area contributed by atoms with Gasteiger partial charge in [0.2, 0.25) is 0 Å². The normalized spacial score (nSPS) is 15.2. The van der Waals surface area contributed by atoms with Crippen LogP contribution in [0.25, 0.3) is 0 Å². The monoisotopic (exact) mass is 259 g/mol. The van der Waals surface area contributed by atoms with Crippen molar-refractivity contribution in [3.05, 3.63) is 35.5 Å². The summed E-state index contributed by atoms with van der Waals surface area (Å²) >= 11 is 0. The minimum Gasteiger partial charge on any atom is -0.390 e. The number of hydrogen-bond acceptors (Lipinski definition) is 5. The molecule has 1 N–H and O–H groups in total. The third kappa shape index (κ3) is 2.31. The number of rotatable bonds is 2. The first kappa shape index (κ1) is 12.1. The van der Waals surface area contributed by atoms with Gasteiger partial charge >= 0.3 is 0 Å². The van der Waals surface area contributed by atoms with Crippen LogP contribution in [0.4, 0.5) is 5.82 Å². The van der Waals surface area contributed by atoms with E-state index in [-0.39, 0.29) is 6.61 Å². The highest BCUT2D eigenvalue weighted by atomic mass is 16.3. The average Bonchev–Trinajstić information content (AvgIpc) is 2.71. The van der Waals surface area contributed by atoms with Crippen LogP contribution in [0.15, 0.2) is 18.5 Å². The number of aliphatic hydroxyl groups is 1. The van der Waals surface area contributed by atoms with Gasteiger partial charge in [0.05, 0.1) is 30.2 Å². The maximum atomic E-state index is 9.17. The van der Waals surface area contributed by atoms with Gasteiger partial charge in [0.15, 0.2) is 0 Å². The van der Waals surface area contributed by atoms with Gasteiger partial charge in [-0.05, 0) is 19.4 Å². The van der Waals surface area contributed by atoms with Gasteiger partial charge in [0.25, 0.3) is 0 Å². The van der Waals surface area contributed by atoms with E-state index in [1.807, 2.05) is 17.7 Å². The number of aliphatic hydroxyl groups excluding tert-OH is 1. The van der Waals surface area contributed by atoms with Crippen molar-refractivity contribution >= 4 is 5.82 Å². The predicted octanol–water partition coefficient (Wildman–Crippen LogP) is 0.884. The minimum absolute atomic E-state index is 0.00975. The fraction of sp³-hybridized carbons (Fsp3) is 0.462. The van der Waals surface area contributed by atoms with Crippen molar-refractivity contribution in [3.8, 4) is 0 Å². The molecule has 1 aliphatic heterocycles. The Hall–Kier alpha value is -1.95. The topological polar surface area (TPSA) is 67.1 Å². The van der Waals surface area contributed by atoms with Crippen molar-refractivity contribution in [2.45, 2.75) is 33.0 Å². The summed E-state index contributed by atoms with van der Waals surface area (Å²) in [6, 6.07) is 1.96. The number of aromatic nitrogens is 4. The van der Waals surface area contributed by atoms with Crippen LogP contribution in [-0.2, 0) is 19.7 Å². The van der Waals surface area contributed by atoms with Crippen molar-refractivity contribution in [1.82, 2.24) is 19.7 Å². The first-order valence-corrected chi connectivity index (χ1v) is 6.47. The Kier molecular flexibility index (Phi) is 3.16. The van der Waals surface area contributed by atoms with Gasteiger partial charge < -0.3 is 10.0 Å². The first-order chi connectivity index (χ1) is 9.28. The molecule has 6 heteroatoms. The smallest absolute Gasteiger partial charge is 0.150 e. The quantitative estimate of drug-likeness (QED) is 0.867. The molecule has 0 aliphatic carbocycles. The predicted molar refractivity (Wildman–Crippen MR) is 70.6 cm³/mol. The van der Waals surface area contributed by atoms with Gasteiger partial charge in [0.1, 0.15) is 5.82 Å². The molecule has 2 aromatic heterocycles. The largest absolute Gasteiger partial charge is 0.390 e. The van der Waals surface area contributed by atoms with Gasteiger partial charge in [-0.15, -0.1) is 0 Å². The number of anilines is 1. The molecular weight excluding hydrogens is 242 g/mol. The molecule has 0 bridgehead atoms. The number of nitrogens with zero attached hydrogens (tertiary/aromatic N) is 5. The first-order valence-electron chi connectivity index (χ1n) is 6.47. The van der Waals surface area contributed by atoms with Crippen molar-refractivity contribution in [2.75, 3.05) is 11.4 Å². The molecule has 0 unspecified atom stereocenters. The third-order valence-corrected chi connectivity index (χ3v) is 3.38. The molecule has 100 valence electrons. The second kappa shape index (κ2) is 4.97. The lowest BCUT2D eigenvalue weighted by Gasteiger charge is -2.21. The zero-order valence-electron chi connectivity index (χ0n) is 11.0. The SMILES string of the molecule is Cc1nccnc1N1CCCn2nc(CO)cc2C1. The van der Waals surface area contributed by atoms with E-state index in [1.54, 1.807) is 12.4 Å². The van der Waals surface area contributed by atoms with Crippen LogP contribution in [0.1, 0.15) is 23.5 Å². The highest BCUT2D eigenvalue weighted by Crippen LogP contribution is 2.21. The standard InChI is InChI=1S/C13H17N5O/c1-10-13(15-4-3-14-10)17-5-2-6-18-12(8-17)7-11(9-19)16-18/h3-4,7,19H,2,5-6,8-9H2,1H3. The molecule has 1 aliphatic rings. The molecular formula is C13H17N5O. The molecule has 0 aromatic carbocycles. The Balaban J connectivity index is 1.91. The van der Waals surface area contributed by atoms with E-state index in [0.717, 1.165) is 49.0 Å². The van der Waals surface area contributed by atoms with E-state index < -0.39 is 0 Å². The van der Waals surface area contributed by atoms with Gasteiger partial charge in [-0.3, -0.25) is 9.67 Å². The molecule has 19 heavy (non-hydrogen) atoms. The Morgan fingerprint density at radius 3 is 2.89 bits per heavy atom. The second-order valence-corrected chi connectivity index (χ2v) is 4.75. The Labute approximate surface area is 111 Å². The van der Waals surface area contributed by atoms with E-state index in [4.69, 9.17) is 0 Å². The summed E-state index contributed by atoms with van der Waals surface area (Å²) in [6.07, 6.45) is 4.45. The number of fused-ring (bicyclic) bond motifs is 1. The molecule has 6 nitrogen and oxygen atoms in total. The Bertz CT molecular complexity index is 580. The summed E-state index contributed by atoms with van der Waals surface area (Å²) in [5.41, 5.74) is 2.79. The molecule has 3 heterocycles. The van der Waals surface area contributed by atoms with E-state index in [9.17, 15) is 5.11 Å². The maximum absolute atomic E-state index is 9.17. The second-order valence-electron chi connectivity index (χ2n) is 4.75. The summed E-state index contributed by atoms with van der Waals surface area (Å²) in [5.74, 6) is 0.933. The minimum atomic E-state index is -0.00975. The average molecular weight is 259 g/mol. The van der Waals surface area contributed by atoms with E-state index in [2.05, 4.69) is 20.0 Å². The molecule has 0 radical (unpaired) electrons. The van der Waals surface area contributed by atoms with Gasteiger partial charge in [-0.2, -0.15) is 5.10 Å². The van der Waals surface area contributed by atoms with Gasteiger partial charge in [-0.25, -0.2) is 4.98 Å². The zero-order chi connectivity index (χ0) is 13.2. The molecule has 3 rings (SSSR count). The van der Waals surface area contributed by atoms with Crippen LogP contribution in [0.2, 0.25) is 0 Å². The Morgan fingerprint density at radius 1 is 1.26 bits per heavy atom. The fourth-order valence-corrected chi connectivity index (χ4v) is 2.49. The molecule has 2 aromatic rings. The number of aryl methyl sites for hydroxylation is 2. The van der Waals surface area contributed by atoms with E-state index in [1.165, 1.54) is 0 Å². The lowest BCUT2D eigenvalue weighted by molar-refractivity contribution is 0.275. The Morgan fingerprint density at radius 2 is 2.11 bits per heavy atom. The highest BCUT2D eigenvalue weighted by Gasteiger charge is 2.18. The summed E-state index contributed by atoms with van der Waals surface area (Å²) < 4.78 is 1.98. The van der Waals surface area contributed by atoms with E-state index >= 15 is 0 Å². The summed E-state index contributed by atoms with van der Waals surface area (Å²) in [4.78, 5) is 10.9. The number of hydrogen-bond donors (Lipinski definition) is 1. The van der Waals surface area contributed by atoms with Crippen molar-refractivity contribution in [2.24, 2.45) is 0 Å². The van der Waals surface area contributed by atoms with Crippen LogP contribution in [0, 0.1) is 6.92 Å². The summed E-state index contributed by atoms with van der Waals surface area (Å²) in [5, 5.41) is 13.6. The highest BCUT2D eigenvalue weighted by molar-refractivity contribution is 5.43. The fourth-order valence-electron chi connectivity index (χ4n) is 2.49. The van der Waals surface area contributed by atoms with E-state index in [0.29, 0.717) is 0 Å². The van der Waals surface area contributed by atoms with Crippen molar-refractivity contribution in [3.63, 3.8) is 0 Å².